The smallest absolute Gasteiger partial charge is 0.257 e. The first-order valence-electron chi connectivity index (χ1n) is 8.91. The third kappa shape index (κ3) is 4.46. The number of pyridine rings is 1. The van der Waals surface area contributed by atoms with Crippen LogP contribution < -0.4 is 10.6 Å². The summed E-state index contributed by atoms with van der Waals surface area (Å²) in [5.74, 6) is -0.538. The molecule has 1 aliphatic rings. The van der Waals surface area contributed by atoms with Crippen LogP contribution in [0.25, 0.3) is 0 Å². The summed E-state index contributed by atoms with van der Waals surface area (Å²) < 4.78 is 5.49. The van der Waals surface area contributed by atoms with Crippen molar-refractivity contribution < 1.29 is 14.3 Å². The normalized spacial score (nSPS) is 16.3. The minimum atomic E-state index is -0.285. The van der Waals surface area contributed by atoms with E-state index in [0.29, 0.717) is 17.7 Å². The van der Waals surface area contributed by atoms with Crippen LogP contribution in [-0.2, 0) is 11.2 Å². The van der Waals surface area contributed by atoms with Gasteiger partial charge in [-0.15, -0.1) is 0 Å². The quantitative estimate of drug-likeness (QED) is 0.837. The van der Waals surface area contributed by atoms with E-state index in [1.54, 1.807) is 6.07 Å². The number of benzene rings is 1. The minimum absolute atomic E-state index is 0.0731. The number of ether oxygens (including phenoxy) is 1. The molecule has 6 nitrogen and oxygen atoms in total. The summed E-state index contributed by atoms with van der Waals surface area (Å²) in [5.41, 5.74) is 2.53. The van der Waals surface area contributed by atoms with Crippen molar-refractivity contribution in [3.63, 3.8) is 0 Å². The van der Waals surface area contributed by atoms with E-state index in [4.69, 9.17) is 4.74 Å². The number of anilines is 1. The highest BCUT2D eigenvalue weighted by atomic mass is 16.5. The number of carbonyl (C=O) groups is 2. The lowest BCUT2D eigenvalue weighted by atomic mass is 10.1. The van der Waals surface area contributed by atoms with Crippen molar-refractivity contribution in [1.29, 1.82) is 0 Å². The Morgan fingerprint density at radius 2 is 1.96 bits per heavy atom. The zero-order valence-corrected chi connectivity index (χ0v) is 14.8. The Balaban J connectivity index is 1.65. The highest BCUT2D eigenvalue weighted by Gasteiger charge is 2.17. The molecule has 1 fully saturated rings. The van der Waals surface area contributed by atoms with Gasteiger partial charge in [-0.05, 0) is 37.0 Å². The standard InChI is InChI=1S/C20H23N3O3/c1-2-14-6-3-4-8-18(14)23-20(25)16-10-15(11-21-12-16)19(24)22-13-17-7-5-9-26-17/h3-4,6,8,10-12,17H,2,5,7,9,13H2,1H3,(H,22,24)(H,23,25). The molecule has 2 heterocycles. The van der Waals surface area contributed by atoms with Crippen LogP contribution in [0.2, 0.25) is 0 Å². The Hall–Kier alpha value is -2.73. The predicted molar refractivity (Wildman–Crippen MR) is 99.3 cm³/mol. The summed E-state index contributed by atoms with van der Waals surface area (Å²) in [6, 6.07) is 9.21. The second-order valence-corrected chi connectivity index (χ2v) is 6.27. The predicted octanol–water partition coefficient (Wildman–Crippen LogP) is 2.81. The van der Waals surface area contributed by atoms with Crippen molar-refractivity contribution in [3.8, 4) is 0 Å². The number of nitrogens with one attached hydrogen (secondary N) is 2. The van der Waals surface area contributed by atoms with Crippen molar-refractivity contribution >= 4 is 17.5 Å². The lowest BCUT2D eigenvalue weighted by Crippen LogP contribution is -2.32. The second-order valence-electron chi connectivity index (χ2n) is 6.27. The topological polar surface area (TPSA) is 80.3 Å². The fourth-order valence-electron chi connectivity index (χ4n) is 2.95. The van der Waals surface area contributed by atoms with Crippen LogP contribution in [-0.4, -0.2) is 36.1 Å². The Labute approximate surface area is 153 Å². The molecule has 1 saturated heterocycles. The van der Waals surface area contributed by atoms with Gasteiger partial charge in [-0.2, -0.15) is 0 Å². The van der Waals surface area contributed by atoms with Crippen molar-refractivity contribution in [3.05, 3.63) is 59.4 Å². The average molecular weight is 353 g/mol. The van der Waals surface area contributed by atoms with Gasteiger partial charge in [0.05, 0.1) is 17.2 Å². The second kappa shape index (κ2) is 8.58. The molecule has 1 aromatic heterocycles. The lowest BCUT2D eigenvalue weighted by Gasteiger charge is -2.12. The largest absolute Gasteiger partial charge is 0.376 e. The van der Waals surface area contributed by atoms with E-state index in [0.717, 1.165) is 37.1 Å². The van der Waals surface area contributed by atoms with Gasteiger partial charge in [0.2, 0.25) is 0 Å². The molecule has 2 N–H and O–H groups in total. The van der Waals surface area contributed by atoms with Crippen LogP contribution in [0, 0.1) is 0 Å². The van der Waals surface area contributed by atoms with E-state index < -0.39 is 0 Å². The maximum atomic E-state index is 12.5. The summed E-state index contributed by atoms with van der Waals surface area (Å²) in [4.78, 5) is 28.9. The molecule has 0 spiro atoms. The zero-order chi connectivity index (χ0) is 18.4. The molecule has 26 heavy (non-hydrogen) atoms. The fourth-order valence-corrected chi connectivity index (χ4v) is 2.95. The number of para-hydroxylation sites is 1. The minimum Gasteiger partial charge on any atom is -0.376 e. The van der Waals surface area contributed by atoms with Crippen LogP contribution in [0.4, 0.5) is 5.69 Å². The monoisotopic (exact) mass is 353 g/mol. The van der Waals surface area contributed by atoms with Gasteiger partial charge in [0.25, 0.3) is 11.8 Å². The van der Waals surface area contributed by atoms with Gasteiger partial charge in [-0.1, -0.05) is 25.1 Å². The number of aryl methyl sites for hydroxylation is 1. The van der Waals surface area contributed by atoms with Crippen molar-refractivity contribution in [2.75, 3.05) is 18.5 Å². The highest BCUT2D eigenvalue weighted by Crippen LogP contribution is 2.17. The van der Waals surface area contributed by atoms with Crippen LogP contribution in [0.15, 0.2) is 42.7 Å². The molecule has 0 saturated carbocycles. The Morgan fingerprint density at radius 1 is 1.19 bits per heavy atom. The number of hydrogen-bond donors (Lipinski definition) is 2. The Morgan fingerprint density at radius 3 is 2.69 bits per heavy atom. The van der Waals surface area contributed by atoms with Gasteiger partial charge in [0.15, 0.2) is 0 Å². The lowest BCUT2D eigenvalue weighted by molar-refractivity contribution is 0.0857. The summed E-state index contributed by atoms with van der Waals surface area (Å²) in [5, 5.41) is 5.73. The summed E-state index contributed by atoms with van der Waals surface area (Å²) >= 11 is 0. The number of aromatic nitrogens is 1. The third-order valence-corrected chi connectivity index (χ3v) is 4.42. The SMILES string of the molecule is CCc1ccccc1NC(=O)c1cncc(C(=O)NCC2CCCO2)c1. The van der Waals surface area contributed by atoms with E-state index in [9.17, 15) is 9.59 Å². The third-order valence-electron chi connectivity index (χ3n) is 4.42. The van der Waals surface area contributed by atoms with E-state index in [2.05, 4.69) is 15.6 Å². The maximum Gasteiger partial charge on any atom is 0.257 e. The molecular formula is C20H23N3O3. The molecule has 1 atom stereocenters. The molecule has 1 aliphatic heterocycles. The van der Waals surface area contributed by atoms with E-state index in [1.165, 1.54) is 12.4 Å². The van der Waals surface area contributed by atoms with Crippen molar-refractivity contribution in [2.24, 2.45) is 0 Å². The molecule has 0 aliphatic carbocycles. The van der Waals surface area contributed by atoms with E-state index >= 15 is 0 Å². The summed E-state index contributed by atoms with van der Waals surface area (Å²) in [6.07, 6.45) is 5.79. The molecule has 2 amide bonds. The molecule has 6 heteroatoms. The Kier molecular flexibility index (Phi) is 5.96. The maximum absolute atomic E-state index is 12.5. The highest BCUT2D eigenvalue weighted by molar-refractivity contribution is 6.06. The zero-order valence-electron chi connectivity index (χ0n) is 14.8. The number of nitrogens with zero attached hydrogens (tertiary/aromatic N) is 1. The molecule has 1 unspecified atom stereocenters. The molecule has 136 valence electrons. The van der Waals surface area contributed by atoms with Gasteiger partial charge in [-0.25, -0.2) is 0 Å². The molecule has 0 radical (unpaired) electrons. The summed E-state index contributed by atoms with van der Waals surface area (Å²) in [6.45, 7) is 3.25. The number of rotatable bonds is 6. The number of hydrogen-bond acceptors (Lipinski definition) is 4. The molecular weight excluding hydrogens is 330 g/mol. The number of carbonyl (C=O) groups excluding carboxylic acids is 2. The van der Waals surface area contributed by atoms with E-state index in [-0.39, 0.29) is 17.9 Å². The van der Waals surface area contributed by atoms with Crippen molar-refractivity contribution in [2.45, 2.75) is 32.3 Å². The van der Waals surface area contributed by atoms with Gasteiger partial charge < -0.3 is 15.4 Å². The van der Waals surface area contributed by atoms with Crippen molar-refractivity contribution in [1.82, 2.24) is 10.3 Å². The van der Waals surface area contributed by atoms with Crippen LogP contribution >= 0.6 is 0 Å². The summed E-state index contributed by atoms with van der Waals surface area (Å²) in [7, 11) is 0. The number of amides is 2. The van der Waals surface area contributed by atoms with Gasteiger partial charge in [0.1, 0.15) is 0 Å². The molecule has 2 aromatic rings. The van der Waals surface area contributed by atoms with Gasteiger partial charge >= 0.3 is 0 Å². The molecule has 0 bridgehead atoms. The molecule has 1 aromatic carbocycles. The average Bonchev–Trinajstić information content (AvgIpc) is 3.20. The van der Waals surface area contributed by atoms with E-state index in [1.807, 2.05) is 31.2 Å². The van der Waals surface area contributed by atoms with Crippen LogP contribution in [0.5, 0.6) is 0 Å². The van der Waals surface area contributed by atoms with Gasteiger partial charge in [-0.3, -0.25) is 14.6 Å². The van der Waals surface area contributed by atoms with Gasteiger partial charge in [0, 0.05) is 31.2 Å². The van der Waals surface area contributed by atoms with Crippen LogP contribution in [0.1, 0.15) is 46.0 Å². The molecule has 3 rings (SSSR count). The first-order valence-corrected chi connectivity index (χ1v) is 8.91. The first-order chi connectivity index (χ1) is 12.7. The first kappa shape index (κ1) is 18.1. The Bertz CT molecular complexity index is 785. The van der Waals surface area contributed by atoms with Crippen LogP contribution in [0.3, 0.4) is 0 Å². The fraction of sp³-hybridized carbons (Fsp3) is 0.350.